The summed E-state index contributed by atoms with van der Waals surface area (Å²) in [5.74, 6) is -3.97. The monoisotopic (exact) mass is 458 g/mol. The zero-order chi connectivity index (χ0) is 23.2. The van der Waals surface area contributed by atoms with Gasteiger partial charge in [-0.1, -0.05) is 0 Å². The number of benzene rings is 1. The molecule has 1 aromatic heterocycles. The summed E-state index contributed by atoms with van der Waals surface area (Å²) in [6, 6.07) is 0.921. The Morgan fingerprint density at radius 2 is 1.78 bits per heavy atom. The van der Waals surface area contributed by atoms with Gasteiger partial charge in [-0.15, -0.1) is 0 Å². The number of likely N-dealkylation sites (tertiary alicyclic amines) is 1. The minimum atomic E-state index is -4.97. The molecule has 3 heterocycles. The van der Waals surface area contributed by atoms with E-state index < -0.39 is 46.9 Å². The van der Waals surface area contributed by atoms with Crippen LogP contribution in [0.2, 0.25) is 0 Å². The maximum absolute atomic E-state index is 13.9. The van der Waals surface area contributed by atoms with Crippen molar-refractivity contribution in [3.8, 4) is 0 Å². The third kappa shape index (κ3) is 4.00. The summed E-state index contributed by atoms with van der Waals surface area (Å²) in [5.41, 5.74) is -0.685. The van der Waals surface area contributed by atoms with Crippen LogP contribution in [-0.4, -0.2) is 56.7 Å². The summed E-state index contributed by atoms with van der Waals surface area (Å²) in [6.45, 7) is 0.428. The molecule has 0 unspecified atom stereocenters. The van der Waals surface area contributed by atoms with Crippen molar-refractivity contribution in [2.75, 3.05) is 19.6 Å². The number of aromatic nitrogens is 2. The Morgan fingerprint density at radius 1 is 1.09 bits per heavy atom. The molecule has 1 fully saturated rings. The summed E-state index contributed by atoms with van der Waals surface area (Å²) in [6.07, 6.45) is -5.52. The van der Waals surface area contributed by atoms with Crippen LogP contribution in [0.25, 0.3) is 0 Å². The van der Waals surface area contributed by atoms with E-state index in [1.807, 2.05) is 0 Å². The predicted octanol–water partition coefficient (Wildman–Crippen LogP) is 3.76. The number of H-pyrrole nitrogens is 1. The van der Waals surface area contributed by atoms with E-state index in [4.69, 9.17) is 0 Å². The van der Waals surface area contributed by atoms with Crippen LogP contribution >= 0.6 is 0 Å². The minimum absolute atomic E-state index is 0.0101. The molecule has 4 rings (SSSR count). The van der Waals surface area contributed by atoms with Gasteiger partial charge >= 0.3 is 12.3 Å². The molecule has 0 spiro atoms. The number of amides is 2. The van der Waals surface area contributed by atoms with Gasteiger partial charge in [0, 0.05) is 43.4 Å². The van der Waals surface area contributed by atoms with Crippen LogP contribution in [0.1, 0.15) is 51.6 Å². The molecule has 1 aromatic carbocycles. The first-order chi connectivity index (χ1) is 15.1. The Labute approximate surface area is 178 Å². The van der Waals surface area contributed by atoms with Crippen LogP contribution < -0.4 is 0 Å². The van der Waals surface area contributed by atoms with Gasteiger partial charge < -0.3 is 14.9 Å². The van der Waals surface area contributed by atoms with Crippen LogP contribution in [0.4, 0.5) is 26.7 Å². The Bertz CT molecular complexity index is 1060. The maximum Gasteiger partial charge on any atom is 0.419 e. The summed E-state index contributed by atoms with van der Waals surface area (Å²) < 4.78 is 67.6. The predicted molar refractivity (Wildman–Crippen MR) is 100.0 cm³/mol. The second-order valence-electron chi connectivity index (χ2n) is 7.90. The second-order valence-corrected chi connectivity index (χ2v) is 7.90. The Kier molecular flexibility index (Phi) is 5.55. The van der Waals surface area contributed by atoms with Gasteiger partial charge in [-0.05, 0) is 30.4 Å². The van der Waals surface area contributed by atoms with Crippen LogP contribution in [0.5, 0.6) is 0 Å². The lowest BCUT2D eigenvalue weighted by molar-refractivity contribution is -0.141. The van der Waals surface area contributed by atoms with Gasteiger partial charge in [0.15, 0.2) is 5.69 Å². The average Bonchev–Trinajstić information content (AvgIpc) is 3.15. The molecule has 2 aliphatic rings. The highest BCUT2D eigenvalue weighted by atomic mass is 19.4. The average molecular weight is 458 g/mol. The van der Waals surface area contributed by atoms with Gasteiger partial charge in [-0.3, -0.25) is 9.89 Å². The molecule has 7 nitrogen and oxygen atoms in total. The van der Waals surface area contributed by atoms with Crippen molar-refractivity contribution in [3.05, 3.63) is 51.8 Å². The molecular formula is C20H19F5N4O3. The minimum Gasteiger partial charge on any atom is -0.465 e. The number of nitrogens with zero attached hydrogens (tertiary/aromatic N) is 3. The molecule has 32 heavy (non-hydrogen) atoms. The van der Waals surface area contributed by atoms with Crippen LogP contribution in [-0.2, 0) is 19.1 Å². The summed E-state index contributed by atoms with van der Waals surface area (Å²) in [4.78, 5) is 26.8. The van der Waals surface area contributed by atoms with Gasteiger partial charge in [0.2, 0.25) is 0 Å². The molecule has 2 aliphatic heterocycles. The molecular weight excluding hydrogens is 439 g/mol. The second kappa shape index (κ2) is 8.06. The molecule has 12 heteroatoms. The van der Waals surface area contributed by atoms with Gasteiger partial charge in [0.1, 0.15) is 11.6 Å². The number of halogens is 5. The van der Waals surface area contributed by atoms with Crippen LogP contribution in [0.15, 0.2) is 12.1 Å². The molecule has 0 atom stereocenters. The van der Waals surface area contributed by atoms with Gasteiger partial charge in [0.05, 0.1) is 12.1 Å². The zero-order valence-electron chi connectivity index (χ0n) is 16.7. The van der Waals surface area contributed by atoms with Gasteiger partial charge in [-0.2, -0.15) is 18.3 Å². The lowest BCUT2D eigenvalue weighted by Gasteiger charge is -2.33. The first kappa shape index (κ1) is 22.0. The van der Waals surface area contributed by atoms with E-state index in [9.17, 15) is 36.6 Å². The van der Waals surface area contributed by atoms with Gasteiger partial charge in [-0.25, -0.2) is 13.6 Å². The quantitative estimate of drug-likeness (QED) is 0.671. The fourth-order valence-corrected chi connectivity index (χ4v) is 4.39. The molecule has 1 saturated heterocycles. The van der Waals surface area contributed by atoms with Gasteiger partial charge in [0.25, 0.3) is 5.91 Å². The number of alkyl halides is 3. The third-order valence-corrected chi connectivity index (χ3v) is 6.00. The highest BCUT2D eigenvalue weighted by Crippen LogP contribution is 2.41. The first-order valence-corrected chi connectivity index (χ1v) is 9.95. The first-order valence-electron chi connectivity index (χ1n) is 9.95. The number of aromatic amines is 1. The number of nitrogens with one attached hydrogen (secondary N) is 1. The van der Waals surface area contributed by atoms with Crippen molar-refractivity contribution >= 4 is 12.0 Å². The largest absolute Gasteiger partial charge is 0.465 e. The number of piperidine rings is 1. The summed E-state index contributed by atoms with van der Waals surface area (Å²) >= 11 is 0. The van der Waals surface area contributed by atoms with Crippen molar-refractivity contribution < 1.29 is 36.6 Å². The SMILES string of the molecule is O=C(O)N1CCc2[nH]nc(C(=O)N3CCC(c4cc(F)cc(F)c4C(F)(F)F)CC3)c2C1. The molecule has 0 aliphatic carbocycles. The number of fused-ring (bicyclic) bond motifs is 1. The van der Waals surface area contributed by atoms with E-state index in [0.717, 1.165) is 4.90 Å². The third-order valence-electron chi connectivity index (χ3n) is 6.00. The number of hydrogen-bond donors (Lipinski definition) is 2. The fraction of sp³-hybridized carbons (Fsp3) is 0.450. The molecule has 0 radical (unpaired) electrons. The topological polar surface area (TPSA) is 89.5 Å². The Morgan fingerprint density at radius 3 is 2.41 bits per heavy atom. The summed E-state index contributed by atoms with van der Waals surface area (Å²) in [5, 5.41) is 16.0. The van der Waals surface area contributed by atoms with E-state index in [-0.39, 0.29) is 50.8 Å². The van der Waals surface area contributed by atoms with E-state index in [1.165, 1.54) is 4.90 Å². The highest BCUT2D eigenvalue weighted by Gasteiger charge is 2.40. The molecule has 2 aromatic rings. The van der Waals surface area contributed by atoms with Crippen molar-refractivity contribution in [1.29, 1.82) is 0 Å². The van der Waals surface area contributed by atoms with Crippen LogP contribution in [0, 0.1) is 11.6 Å². The van der Waals surface area contributed by atoms with Crippen molar-refractivity contribution in [2.45, 2.75) is 37.9 Å². The normalized spacial score (nSPS) is 17.4. The molecule has 0 saturated carbocycles. The van der Waals surface area contributed by atoms with Crippen molar-refractivity contribution in [1.82, 2.24) is 20.0 Å². The Balaban J connectivity index is 1.51. The Hall–Kier alpha value is -3.18. The van der Waals surface area contributed by atoms with E-state index >= 15 is 0 Å². The number of hydrogen-bond acceptors (Lipinski definition) is 3. The molecule has 0 bridgehead atoms. The van der Waals surface area contributed by atoms with Crippen LogP contribution in [0.3, 0.4) is 0 Å². The van der Waals surface area contributed by atoms with Crippen molar-refractivity contribution in [2.24, 2.45) is 0 Å². The lowest BCUT2D eigenvalue weighted by atomic mass is 9.85. The number of carbonyl (C=O) groups excluding carboxylic acids is 1. The number of carboxylic acid groups (broad SMARTS) is 1. The van der Waals surface area contributed by atoms with E-state index in [1.54, 1.807) is 0 Å². The standard InChI is InChI=1S/C20H19F5N4O3/c21-11-7-12(16(14(22)8-11)20(23,24)25)10-1-4-28(5-2-10)18(30)17-13-9-29(19(31)32)6-3-15(13)26-27-17/h7-8,10H,1-6,9H2,(H,26,27)(H,31,32). The summed E-state index contributed by atoms with van der Waals surface area (Å²) in [7, 11) is 0. The van der Waals surface area contributed by atoms with E-state index in [0.29, 0.717) is 23.7 Å². The zero-order valence-corrected chi connectivity index (χ0v) is 16.7. The molecule has 2 amide bonds. The van der Waals surface area contributed by atoms with Crippen molar-refractivity contribution in [3.63, 3.8) is 0 Å². The maximum atomic E-state index is 13.9. The lowest BCUT2D eigenvalue weighted by Crippen LogP contribution is -2.40. The molecule has 2 N–H and O–H groups in total. The van der Waals surface area contributed by atoms with E-state index in [2.05, 4.69) is 10.2 Å². The fourth-order valence-electron chi connectivity index (χ4n) is 4.39. The number of rotatable bonds is 2. The highest BCUT2D eigenvalue weighted by molar-refractivity contribution is 5.94. The number of carbonyl (C=O) groups is 2. The molecule has 172 valence electrons. The smallest absolute Gasteiger partial charge is 0.419 e.